The maximum Gasteiger partial charge on any atom is 0.336 e. The number of carboxylic acids is 2. The highest BCUT2D eigenvalue weighted by Crippen LogP contribution is 2.24. The van der Waals surface area contributed by atoms with Crippen molar-refractivity contribution in [2.45, 2.75) is 4.90 Å². The summed E-state index contributed by atoms with van der Waals surface area (Å²) >= 11 is 1.36. The van der Waals surface area contributed by atoms with Crippen molar-refractivity contribution in [2.75, 3.05) is 11.1 Å². The van der Waals surface area contributed by atoms with E-state index >= 15 is 0 Å². The normalized spacial score (nSPS) is 10.5. The number of hydrogen-bond donors (Lipinski definition) is 3. The van der Waals surface area contributed by atoms with Crippen LogP contribution in [0.4, 0.5) is 5.69 Å². The zero-order valence-electron chi connectivity index (χ0n) is 19.4. The molecule has 0 aliphatic carbocycles. The number of anilines is 1. The van der Waals surface area contributed by atoms with Crippen LogP contribution in [0.1, 0.15) is 41.4 Å². The minimum Gasteiger partial charge on any atom is -0.478 e. The van der Waals surface area contributed by atoms with Crippen LogP contribution < -0.4 is 5.32 Å². The molecule has 0 unspecified atom stereocenters. The van der Waals surface area contributed by atoms with Gasteiger partial charge in [0.1, 0.15) is 0 Å². The van der Waals surface area contributed by atoms with Gasteiger partial charge in [0, 0.05) is 16.1 Å². The Morgan fingerprint density at radius 1 is 0.649 bits per heavy atom. The molecular formula is C29H21NO6S. The first-order valence-electron chi connectivity index (χ1n) is 11.2. The molecule has 0 saturated heterocycles. The van der Waals surface area contributed by atoms with Gasteiger partial charge in [0.15, 0.2) is 5.78 Å². The van der Waals surface area contributed by atoms with Gasteiger partial charge in [0.05, 0.1) is 22.4 Å². The Morgan fingerprint density at radius 3 is 1.89 bits per heavy atom. The third kappa shape index (κ3) is 6.31. The molecule has 0 bridgehead atoms. The topological polar surface area (TPSA) is 121 Å². The fourth-order valence-electron chi connectivity index (χ4n) is 3.60. The number of aromatic carboxylic acids is 2. The van der Waals surface area contributed by atoms with Crippen molar-refractivity contribution in [3.05, 3.63) is 119 Å². The number of amides is 1. The molecule has 0 fully saturated rings. The first-order valence-corrected chi connectivity index (χ1v) is 12.1. The molecule has 3 N–H and O–H groups in total. The first kappa shape index (κ1) is 25.4. The molecule has 0 aliphatic rings. The van der Waals surface area contributed by atoms with Crippen LogP contribution in [0.5, 0.6) is 0 Å². The van der Waals surface area contributed by atoms with Crippen LogP contribution in [-0.4, -0.2) is 39.6 Å². The van der Waals surface area contributed by atoms with Crippen molar-refractivity contribution in [1.82, 2.24) is 0 Å². The van der Waals surface area contributed by atoms with E-state index in [4.69, 9.17) is 5.11 Å². The van der Waals surface area contributed by atoms with Gasteiger partial charge in [-0.2, -0.15) is 0 Å². The van der Waals surface area contributed by atoms with Crippen molar-refractivity contribution in [3.63, 3.8) is 0 Å². The number of ketones is 1. The highest BCUT2D eigenvalue weighted by Gasteiger charge is 2.19. The lowest BCUT2D eigenvalue weighted by Gasteiger charge is -2.09. The molecular weight excluding hydrogens is 490 g/mol. The van der Waals surface area contributed by atoms with Gasteiger partial charge in [-0.3, -0.25) is 9.59 Å². The third-order valence-corrected chi connectivity index (χ3v) is 6.55. The highest BCUT2D eigenvalue weighted by atomic mass is 32.2. The number of carbonyl (C=O) groups is 4. The van der Waals surface area contributed by atoms with Crippen LogP contribution in [-0.2, 0) is 0 Å². The molecule has 0 aliphatic heterocycles. The Balaban J connectivity index is 1.36. The van der Waals surface area contributed by atoms with Crippen molar-refractivity contribution in [2.24, 2.45) is 0 Å². The van der Waals surface area contributed by atoms with Crippen molar-refractivity contribution < 1.29 is 29.4 Å². The van der Waals surface area contributed by atoms with Gasteiger partial charge in [-0.15, -0.1) is 11.8 Å². The van der Waals surface area contributed by atoms with Gasteiger partial charge < -0.3 is 15.5 Å². The molecule has 0 saturated carbocycles. The Bertz CT molecular complexity index is 1470. The fraction of sp³-hybridized carbons (Fsp3) is 0.0345. The Kier molecular flexibility index (Phi) is 7.80. The summed E-state index contributed by atoms with van der Waals surface area (Å²) in [6, 6.07) is 27.5. The summed E-state index contributed by atoms with van der Waals surface area (Å²) in [5.74, 6) is -3.13. The van der Waals surface area contributed by atoms with E-state index in [2.05, 4.69) is 5.32 Å². The predicted octanol–water partition coefficient (Wildman–Crippen LogP) is 5.98. The number of thioether (sulfide) groups is 1. The first-order chi connectivity index (χ1) is 17.8. The lowest BCUT2D eigenvalue weighted by atomic mass is 10.0. The molecule has 0 radical (unpaired) electrons. The highest BCUT2D eigenvalue weighted by molar-refractivity contribution is 8.00. The molecule has 0 heterocycles. The van der Waals surface area contributed by atoms with Gasteiger partial charge in [-0.05, 0) is 53.6 Å². The lowest BCUT2D eigenvalue weighted by Crippen LogP contribution is -2.17. The van der Waals surface area contributed by atoms with E-state index in [1.807, 2.05) is 54.6 Å². The summed E-state index contributed by atoms with van der Waals surface area (Å²) in [5, 5.41) is 21.0. The second-order valence-corrected chi connectivity index (χ2v) is 9.05. The monoisotopic (exact) mass is 511 g/mol. The van der Waals surface area contributed by atoms with E-state index < -0.39 is 23.4 Å². The van der Waals surface area contributed by atoms with Crippen LogP contribution in [0.15, 0.2) is 102 Å². The second kappa shape index (κ2) is 11.4. The number of carboxylic acid groups (broad SMARTS) is 2. The predicted molar refractivity (Wildman–Crippen MR) is 142 cm³/mol. The molecule has 37 heavy (non-hydrogen) atoms. The Morgan fingerprint density at radius 2 is 1.27 bits per heavy atom. The van der Waals surface area contributed by atoms with E-state index in [-0.39, 0.29) is 22.7 Å². The van der Waals surface area contributed by atoms with E-state index in [9.17, 15) is 24.3 Å². The molecule has 4 aromatic rings. The van der Waals surface area contributed by atoms with E-state index in [0.717, 1.165) is 22.1 Å². The Labute approximate surface area is 216 Å². The maximum atomic E-state index is 12.6. The fourth-order valence-corrected chi connectivity index (χ4v) is 4.39. The molecule has 184 valence electrons. The number of rotatable bonds is 9. The average Bonchev–Trinajstić information content (AvgIpc) is 2.92. The lowest BCUT2D eigenvalue weighted by molar-refractivity contribution is 0.0692. The minimum absolute atomic E-state index is 0.00648. The van der Waals surface area contributed by atoms with Gasteiger partial charge in [0.2, 0.25) is 0 Å². The summed E-state index contributed by atoms with van der Waals surface area (Å²) in [5.41, 5.74) is 2.39. The molecule has 8 heteroatoms. The van der Waals surface area contributed by atoms with Crippen LogP contribution in [0.2, 0.25) is 0 Å². The third-order valence-electron chi connectivity index (χ3n) is 5.54. The van der Waals surface area contributed by atoms with E-state index in [0.29, 0.717) is 11.3 Å². The quantitative estimate of drug-likeness (QED) is 0.187. The minimum atomic E-state index is -1.40. The molecule has 0 atom stereocenters. The molecule has 4 aromatic carbocycles. The number of Topliss-reactive ketones (excluding diaryl/α,β-unsaturated/α-hetero) is 1. The average molecular weight is 512 g/mol. The number of benzene rings is 4. The van der Waals surface area contributed by atoms with Gasteiger partial charge in [0.25, 0.3) is 5.91 Å². The zero-order valence-corrected chi connectivity index (χ0v) is 20.2. The largest absolute Gasteiger partial charge is 0.478 e. The van der Waals surface area contributed by atoms with Crippen molar-refractivity contribution >= 4 is 41.1 Å². The molecule has 4 rings (SSSR count). The summed E-state index contributed by atoms with van der Waals surface area (Å²) < 4.78 is 0. The van der Waals surface area contributed by atoms with E-state index in [1.165, 1.54) is 23.9 Å². The molecule has 1 amide bonds. The van der Waals surface area contributed by atoms with E-state index in [1.54, 1.807) is 24.3 Å². The molecule has 0 aromatic heterocycles. The number of carbonyl (C=O) groups excluding carboxylic acids is 2. The van der Waals surface area contributed by atoms with Gasteiger partial charge >= 0.3 is 11.9 Å². The van der Waals surface area contributed by atoms with Crippen LogP contribution in [0, 0.1) is 0 Å². The molecule has 0 spiro atoms. The molecule has 7 nitrogen and oxygen atoms in total. The SMILES string of the molecule is O=C(O)c1ccc(C(=O)Nc2ccc(SCC(=O)c3ccc(-c4ccccc4)cc3)cc2)c(C(=O)O)c1. The van der Waals surface area contributed by atoms with Crippen LogP contribution in [0.25, 0.3) is 11.1 Å². The standard InChI is InChI=1S/C29H21NO6S/c31-26(20-8-6-19(7-9-20)18-4-2-1-3-5-18)17-37-23-13-11-22(12-14-23)30-27(32)24-15-10-21(28(33)34)16-25(24)29(35)36/h1-16H,17H2,(H,30,32)(H,33,34)(H,35,36). The maximum absolute atomic E-state index is 12.6. The number of nitrogens with one attached hydrogen (secondary N) is 1. The second-order valence-electron chi connectivity index (χ2n) is 8.00. The number of hydrogen-bond acceptors (Lipinski definition) is 5. The summed E-state index contributed by atoms with van der Waals surface area (Å²) in [4.78, 5) is 48.7. The summed E-state index contributed by atoms with van der Waals surface area (Å²) in [7, 11) is 0. The van der Waals surface area contributed by atoms with Crippen molar-refractivity contribution in [3.8, 4) is 11.1 Å². The Hall–Kier alpha value is -4.69. The van der Waals surface area contributed by atoms with Crippen LogP contribution in [0.3, 0.4) is 0 Å². The van der Waals surface area contributed by atoms with Crippen molar-refractivity contribution in [1.29, 1.82) is 0 Å². The van der Waals surface area contributed by atoms with Gasteiger partial charge in [-0.25, -0.2) is 9.59 Å². The van der Waals surface area contributed by atoms with Gasteiger partial charge in [-0.1, -0.05) is 54.6 Å². The summed E-state index contributed by atoms with van der Waals surface area (Å²) in [6.45, 7) is 0. The zero-order chi connectivity index (χ0) is 26.4. The summed E-state index contributed by atoms with van der Waals surface area (Å²) in [6.07, 6.45) is 0. The van der Waals surface area contributed by atoms with Crippen LogP contribution >= 0.6 is 11.8 Å². The smallest absolute Gasteiger partial charge is 0.336 e.